The molecule has 3 atom stereocenters. The van der Waals surface area contributed by atoms with Crippen LogP contribution in [0.4, 0.5) is 5.69 Å². The molecule has 106 valence electrons. The Labute approximate surface area is 119 Å². The molecule has 1 heterocycles. The van der Waals surface area contributed by atoms with E-state index >= 15 is 0 Å². The minimum Gasteiger partial charge on any atom is -0.423 e. The number of nitrogens with one attached hydrogen (secondary N) is 1. The van der Waals surface area contributed by atoms with Crippen LogP contribution in [0.2, 0.25) is 0 Å². The lowest BCUT2D eigenvalue weighted by Crippen LogP contribution is -2.34. The van der Waals surface area contributed by atoms with Gasteiger partial charge in [-0.15, -0.1) is 10.2 Å². The number of benzene rings is 1. The number of hydrogen-bond acceptors (Lipinski definition) is 4. The maximum Gasteiger partial charge on any atom is 0.247 e. The van der Waals surface area contributed by atoms with E-state index in [1.807, 2.05) is 12.1 Å². The maximum absolute atomic E-state index is 5.25. The van der Waals surface area contributed by atoms with E-state index in [2.05, 4.69) is 41.5 Å². The minimum absolute atomic E-state index is 0.552. The number of aromatic nitrogens is 2. The van der Waals surface area contributed by atoms with Crippen molar-refractivity contribution < 1.29 is 4.42 Å². The predicted molar refractivity (Wildman–Crippen MR) is 79.3 cm³/mol. The van der Waals surface area contributed by atoms with Crippen molar-refractivity contribution >= 4 is 5.69 Å². The number of rotatable bonds is 3. The van der Waals surface area contributed by atoms with E-state index in [0.717, 1.165) is 17.2 Å². The third-order valence-corrected chi connectivity index (χ3v) is 4.53. The van der Waals surface area contributed by atoms with Crippen molar-refractivity contribution in [3.63, 3.8) is 0 Å². The van der Waals surface area contributed by atoms with Crippen LogP contribution in [-0.4, -0.2) is 16.2 Å². The Morgan fingerprint density at radius 2 is 2.15 bits per heavy atom. The highest BCUT2D eigenvalue weighted by Crippen LogP contribution is 2.32. The van der Waals surface area contributed by atoms with Gasteiger partial charge in [0, 0.05) is 17.3 Å². The molecule has 1 saturated carbocycles. The Balaban J connectivity index is 1.76. The Morgan fingerprint density at radius 1 is 1.25 bits per heavy atom. The zero-order valence-electron chi connectivity index (χ0n) is 12.0. The van der Waals surface area contributed by atoms with Crippen LogP contribution in [0.5, 0.6) is 0 Å². The molecule has 0 amide bonds. The molecule has 0 saturated heterocycles. The Hall–Kier alpha value is -1.84. The van der Waals surface area contributed by atoms with Crippen molar-refractivity contribution in [2.24, 2.45) is 11.8 Å². The van der Waals surface area contributed by atoms with Gasteiger partial charge >= 0.3 is 0 Å². The summed E-state index contributed by atoms with van der Waals surface area (Å²) in [7, 11) is 0. The summed E-state index contributed by atoms with van der Waals surface area (Å²) in [4.78, 5) is 0. The number of hydrogen-bond donors (Lipinski definition) is 1. The quantitative estimate of drug-likeness (QED) is 0.917. The van der Waals surface area contributed by atoms with Gasteiger partial charge in [0.05, 0.1) is 0 Å². The van der Waals surface area contributed by atoms with Crippen LogP contribution in [0, 0.1) is 11.8 Å². The third-order valence-electron chi connectivity index (χ3n) is 4.53. The average molecular weight is 271 g/mol. The van der Waals surface area contributed by atoms with Gasteiger partial charge < -0.3 is 9.73 Å². The second-order valence-electron chi connectivity index (χ2n) is 5.84. The van der Waals surface area contributed by atoms with Crippen LogP contribution in [0.1, 0.15) is 33.1 Å². The third kappa shape index (κ3) is 2.69. The van der Waals surface area contributed by atoms with Crippen molar-refractivity contribution in [2.75, 3.05) is 5.32 Å². The molecule has 0 aliphatic heterocycles. The number of nitrogens with zero attached hydrogens (tertiary/aromatic N) is 2. The fourth-order valence-electron chi connectivity index (χ4n) is 3.04. The Bertz CT molecular complexity index is 553. The molecule has 20 heavy (non-hydrogen) atoms. The average Bonchev–Trinajstić information content (AvgIpc) is 2.98. The number of anilines is 1. The maximum atomic E-state index is 5.25. The van der Waals surface area contributed by atoms with Gasteiger partial charge in [0.15, 0.2) is 0 Å². The molecule has 3 rings (SSSR count). The molecule has 1 aliphatic carbocycles. The monoisotopic (exact) mass is 271 g/mol. The van der Waals surface area contributed by atoms with E-state index in [-0.39, 0.29) is 0 Å². The first kappa shape index (κ1) is 13.2. The highest BCUT2D eigenvalue weighted by Gasteiger charge is 2.26. The van der Waals surface area contributed by atoms with Crippen LogP contribution in [0.25, 0.3) is 11.5 Å². The van der Waals surface area contributed by atoms with Crippen molar-refractivity contribution in [2.45, 2.75) is 39.2 Å². The van der Waals surface area contributed by atoms with E-state index < -0.39 is 0 Å². The lowest BCUT2D eigenvalue weighted by Gasteiger charge is -2.35. The zero-order chi connectivity index (χ0) is 13.9. The molecule has 0 bridgehead atoms. The van der Waals surface area contributed by atoms with Gasteiger partial charge in [0.1, 0.15) is 0 Å². The molecule has 2 aromatic rings. The Kier molecular flexibility index (Phi) is 3.72. The molecule has 1 fully saturated rings. The first-order valence-corrected chi connectivity index (χ1v) is 7.37. The normalized spacial score (nSPS) is 26.4. The molecule has 0 radical (unpaired) electrons. The summed E-state index contributed by atoms with van der Waals surface area (Å²) in [6, 6.07) is 8.76. The Morgan fingerprint density at radius 3 is 2.95 bits per heavy atom. The molecular formula is C16H21N3O. The fourth-order valence-corrected chi connectivity index (χ4v) is 3.04. The first-order chi connectivity index (χ1) is 9.74. The summed E-state index contributed by atoms with van der Waals surface area (Å²) >= 11 is 0. The predicted octanol–water partition coefficient (Wildman–Crippen LogP) is 3.97. The first-order valence-electron chi connectivity index (χ1n) is 7.37. The summed E-state index contributed by atoms with van der Waals surface area (Å²) in [6.45, 7) is 4.71. The zero-order valence-corrected chi connectivity index (χ0v) is 12.0. The van der Waals surface area contributed by atoms with Gasteiger partial charge in [-0.05, 0) is 36.5 Å². The smallest absolute Gasteiger partial charge is 0.247 e. The van der Waals surface area contributed by atoms with Gasteiger partial charge in [0.2, 0.25) is 12.3 Å². The van der Waals surface area contributed by atoms with Crippen molar-refractivity contribution in [3.05, 3.63) is 30.7 Å². The van der Waals surface area contributed by atoms with Crippen LogP contribution in [0.15, 0.2) is 35.1 Å². The van der Waals surface area contributed by atoms with E-state index in [1.165, 1.54) is 25.7 Å². The lowest BCUT2D eigenvalue weighted by atomic mass is 9.78. The van der Waals surface area contributed by atoms with E-state index in [0.29, 0.717) is 17.9 Å². The molecule has 3 unspecified atom stereocenters. The molecule has 1 aromatic heterocycles. The van der Waals surface area contributed by atoms with Gasteiger partial charge in [-0.25, -0.2) is 0 Å². The van der Waals surface area contributed by atoms with Gasteiger partial charge in [-0.3, -0.25) is 0 Å². The van der Waals surface area contributed by atoms with E-state index in [9.17, 15) is 0 Å². The molecule has 0 spiro atoms. The van der Waals surface area contributed by atoms with Gasteiger partial charge in [-0.2, -0.15) is 0 Å². The molecule has 4 heteroatoms. The topological polar surface area (TPSA) is 51.0 Å². The van der Waals surface area contributed by atoms with Crippen LogP contribution in [0.3, 0.4) is 0 Å². The summed E-state index contributed by atoms with van der Waals surface area (Å²) in [6.07, 6.45) is 5.27. The van der Waals surface area contributed by atoms with E-state index in [1.54, 1.807) is 0 Å². The van der Waals surface area contributed by atoms with Crippen LogP contribution < -0.4 is 5.32 Å². The standard InChI is InChI=1S/C16H21N3O/c1-11-5-3-8-15(12(11)2)18-14-7-4-6-13(9-14)16-19-17-10-20-16/h4,6-7,9-12,15,18H,3,5,8H2,1-2H3. The molecular weight excluding hydrogens is 250 g/mol. The summed E-state index contributed by atoms with van der Waals surface area (Å²) in [5.74, 6) is 2.06. The minimum atomic E-state index is 0.552. The molecule has 1 aromatic carbocycles. The van der Waals surface area contributed by atoms with Crippen LogP contribution in [-0.2, 0) is 0 Å². The second-order valence-corrected chi connectivity index (χ2v) is 5.84. The summed E-state index contributed by atoms with van der Waals surface area (Å²) < 4.78 is 5.25. The largest absolute Gasteiger partial charge is 0.423 e. The van der Waals surface area contributed by atoms with E-state index in [4.69, 9.17) is 4.42 Å². The van der Waals surface area contributed by atoms with Crippen molar-refractivity contribution in [3.8, 4) is 11.5 Å². The van der Waals surface area contributed by atoms with Crippen molar-refractivity contribution in [1.29, 1.82) is 0 Å². The van der Waals surface area contributed by atoms with Gasteiger partial charge in [0.25, 0.3) is 0 Å². The lowest BCUT2D eigenvalue weighted by molar-refractivity contribution is 0.253. The summed E-state index contributed by atoms with van der Waals surface area (Å²) in [5, 5.41) is 11.4. The summed E-state index contributed by atoms with van der Waals surface area (Å²) in [5.41, 5.74) is 2.09. The highest BCUT2D eigenvalue weighted by molar-refractivity contribution is 5.61. The molecule has 1 N–H and O–H groups in total. The molecule has 4 nitrogen and oxygen atoms in total. The molecule has 1 aliphatic rings. The van der Waals surface area contributed by atoms with Gasteiger partial charge in [-0.1, -0.05) is 32.8 Å². The fraction of sp³-hybridized carbons (Fsp3) is 0.500. The second kappa shape index (κ2) is 5.65. The van der Waals surface area contributed by atoms with Crippen LogP contribution >= 0.6 is 0 Å². The van der Waals surface area contributed by atoms with Crippen molar-refractivity contribution in [1.82, 2.24) is 10.2 Å². The highest BCUT2D eigenvalue weighted by atomic mass is 16.4. The SMILES string of the molecule is CC1CCCC(Nc2cccc(-c3nnco3)c2)C1C.